The summed E-state index contributed by atoms with van der Waals surface area (Å²) < 4.78 is 1.67. The number of nitrogens with zero attached hydrogens (tertiary/aromatic N) is 3. The van der Waals surface area contributed by atoms with Gasteiger partial charge in [-0.1, -0.05) is 11.6 Å². The molecule has 0 aliphatic heterocycles. The third-order valence-electron chi connectivity index (χ3n) is 2.96. The topological polar surface area (TPSA) is 38.1 Å². The summed E-state index contributed by atoms with van der Waals surface area (Å²) in [5.41, 5.74) is 2.89. The first-order valence-corrected chi connectivity index (χ1v) is 6.98. The van der Waals surface area contributed by atoms with Crippen molar-refractivity contribution in [3.63, 3.8) is 0 Å². The molecule has 0 atom stereocenters. The molecule has 0 fully saturated rings. The Bertz CT molecular complexity index is 684. The molecule has 0 amide bonds. The molecule has 2 rings (SSSR count). The average molecular weight is 304 g/mol. The Labute approximate surface area is 129 Å². The van der Waals surface area contributed by atoms with Gasteiger partial charge in [-0.15, -0.1) is 0 Å². The lowest BCUT2D eigenvalue weighted by atomic mass is 10.1. The highest BCUT2D eigenvalue weighted by atomic mass is 35.5. The van der Waals surface area contributed by atoms with E-state index in [-0.39, 0.29) is 5.78 Å². The molecule has 0 bridgehead atoms. The number of allylic oxidation sites excluding steroid dienone is 1. The standard InChI is InChI=1S/C16H18ClN3O/c1-11-9-12(2)20(18-11)15(10-19(3)4)16(21)13-5-7-14(17)8-6-13/h5-10H,1-4H3/b15-10+. The molecule has 0 saturated heterocycles. The van der Waals surface area contributed by atoms with Gasteiger partial charge < -0.3 is 4.90 Å². The van der Waals surface area contributed by atoms with Gasteiger partial charge in [-0.25, -0.2) is 4.68 Å². The zero-order valence-electron chi connectivity index (χ0n) is 12.6. The van der Waals surface area contributed by atoms with Crippen LogP contribution in [0.4, 0.5) is 0 Å². The quantitative estimate of drug-likeness (QED) is 0.642. The molecule has 2 aromatic rings. The fraction of sp³-hybridized carbons (Fsp3) is 0.250. The minimum atomic E-state index is -0.0911. The minimum Gasteiger partial charge on any atom is -0.382 e. The summed E-state index contributed by atoms with van der Waals surface area (Å²) in [6.45, 7) is 3.84. The SMILES string of the molecule is Cc1cc(C)n(/C(=C/N(C)C)C(=O)c2ccc(Cl)cc2)n1. The van der Waals surface area contributed by atoms with E-state index < -0.39 is 0 Å². The van der Waals surface area contributed by atoms with Crippen LogP contribution in [0.2, 0.25) is 5.02 Å². The van der Waals surface area contributed by atoms with Crippen molar-refractivity contribution in [2.24, 2.45) is 0 Å². The van der Waals surface area contributed by atoms with Crippen molar-refractivity contribution in [2.75, 3.05) is 14.1 Å². The van der Waals surface area contributed by atoms with Gasteiger partial charge >= 0.3 is 0 Å². The van der Waals surface area contributed by atoms with Crippen molar-refractivity contribution < 1.29 is 4.79 Å². The molecular weight excluding hydrogens is 286 g/mol. The maximum atomic E-state index is 12.8. The van der Waals surface area contributed by atoms with Crippen molar-refractivity contribution in [2.45, 2.75) is 13.8 Å². The van der Waals surface area contributed by atoms with Gasteiger partial charge in [0.25, 0.3) is 0 Å². The summed E-state index contributed by atoms with van der Waals surface area (Å²) in [4.78, 5) is 14.6. The van der Waals surface area contributed by atoms with Crippen molar-refractivity contribution in [3.8, 4) is 0 Å². The van der Waals surface area contributed by atoms with Gasteiger partial charge in [0.05, 0.1) is 5.69 Å². The summed E-state index contributed by atoms with van der Waals surface area (Å²) in [6.07, 6.45) is 1.77. The third kappa shape index (κ3) is 3.52. The lowest BCUT2D eigenvalue weighted by Gasteiger charge is -2.13. The van der Waals surface area contributed by atoms with Crippen molar-refractivity contribution >= 4 is 23.1 Å². The number of halogens is 1. The molecule has 1 aromatic carbocycles. The van der Waals surface area contributed by atoms with Crippen molar-refractivity contribution in [1.29, 1.82) is 0 Å². The monoisotopic (exact) mass is 303 g/mol. The highest BCUT2D eigenvalue weighted by molar-refractivity contribution is 6.31. The van der Waals surface area contributed by atoms with E-state index in [0.29, 0.717) is 16.3 Å². The first-order chi connectivity index (χ1) is 9.88. The normalized spacial score (nSPS) is 11.6. The fourth-order valence-electron chi connectivity index (χ4n) is 2.08. The van der Waals surface area contributed by atoms with Crippen LogP contribution >= 0.6 is 11.6 Å². The average Bonchev–Trinajstić information content (AvgIpc) is 2.75. The second-order valence-electron chi connectivity index (χ2n) is 5.15. The van der Waals surface area contributed by atoms with Gasteiger partial charge in [0.15, 0.2) is 0 Å². The minimum absolute atomic E-state index is 0.0911. The first-order valence-electron chi connectivity index (χ1n) is 6.60. The van der Waals surface area contributed by atoms with Crippen LogP contribution in [0.15, 0.2) is 36.5 Å². The summed E-state index contributed by atoms with van der Waals surface area (Å²) in [5.74, 6) is -0.0911. The first kappa shape index (κ1) is 15.3. The Balaban J connectivity index is 2.49. The smallest absolute Gasteiger partial charge is 0.212 e. The predicted molar refractivity (Wildman–Crippen MR) is 85.4 cm³/mol. The molecule has 0 spiro atoms. The van der Waals surface area contributed by atoms with Crippen molar-refractivity contribution in [3.05, 3.63) is 58.5 Å². The maximum absolute atomic E-state index is 12.8. The van der Waals surface area contributed by atoms with E-state index in [1.807, 2.05) is 38.9 Å². The van der Waals surface area contributed by atoms with E-state index in [2.05, 4.69) is 5.10 Å². The van der Waals surface area contributed by atoms with Crippen molar-refractivity contribution in [1.82, 2.24) is 14.7 Å². The van der Waals surface area contributed by atoms with Crippen LogP contribution in [0.25, 0.3) is 5.70 Å². The molecule has 0 unspecified atom stereocenters. The highest BCUT2D eigenvalue weighted by Crippen LogP contribution is 2.18. The maximum Gasteiger partial charge on any atom is 0.212 e. The van der Waals surface area contributed by atoms with E-state index in [0.717, 1.165) is 11.4 Å². The van der Waals surface area contributed by atoms with E-state index in [9.17, 15) is 4.79 Å². The molecule has 21 heavy (non-hydrogen) atoms. The molecule has 5 heteroatoms. The highest BCUT2D eigenvalue weighted by Gasteiger charge is 2.17. The molecule has 0 aliphatic rings. The zero-order valence-corrected chi connectivity index (χ0v) is 13.3. The van der Waals surface area contributed by atoms with Gasteiger partial charge in [0.2, 0.25) is 5.78 Å². The number of carbonyl (C=O) groups excluding carboxylic acids is 1. The summed E-state index contributed by atoms with van der Waals surface area (Å²) >= 11 is 5.87. The van der Waals surface area contributed by atoms with E-state index >= 15 is 0 Å². The van der Waals surface area contributed by atoms with E-state index in [1.54, 1.807) is 35.1 Å². The number of ketones is 1. The number of hydrogen-bond donors (Lipinski definition) is 0. The molecule has 1 heterocycles. The summed E-state index contributed by atoms with van der Waals surface area (Å²) in [6, 6.07) is 8.81. The molecular formula is C16H18ClN3O. The van der Waals surface area contributed by atoms with Gasteiger partial charge in [-0.05, 0) is 44.2 Å². The van der Waals surface area contributed by atoms with Crippen LogP contribution < -0.4 is 0 Å². The zero-order chi connectivity index (χ0) is 15.6. The molecule has 0 radical (unpaired) electrons. The van der Waals surface area contributed by atoms with Crippen LogP contribution in [0.3, 0.4) is 0 Å². The Kier molecular flexibility index (Phi) is 4.48. The number of carbonyl (C=O) groups is 1. The summed E-state index contributed by atoms with van der Waals surface area (Å²) in [5, 5.41) is 5.01. The number of benzene rings is 1. The Morgan fingerprint density at radius 2 is 1.86 bits per heavy atom. The second-order valence-corrected chi connectivity index (χ2v) is 5.59. The summed E-state index contributed by atoms with van der Waals surface area (Å²) in [7, 11) is 3.75. The van der Waals surface area contributed by atoms with E-state index in [1.165, 1.54) is 0 Å². The second kappa shape index (κ2) is 6.14. The molecule has 1 aromatic heterocycles. The third-order valence-corrected chi connectivity index (χ3v) is 3.21. The van der Waals surface area contributed by atoms with Crippen LogP contribution in [-0.2, 0) is 0 Å². The Morgan fingerprint density at radius 1 is 1.24 bits per heavy atom. The lowest BCUT2D eigenvalue weighted by molar-refractivity contribution is 0.104. The van der Waals surface area contributed by atoms with Crippen LogP contribution in [0.5, 0.6) is 0 Å². The van der Waals surface area contributed by atoms with Gasteiger partial charge in [-0.3, -0.25) is 4.79 Å². The van der Waals surface area contributed by atoms with Crippen LogP contribution in [0.1, 0.15) is 21.7 Å². The van der Waals surface area contributed by atoms with Gasteiger partial charge in [-0.2, -0.15) is 5.10 Å². The van der Waals surface area contributed by atoms with E-state index in [4.69, 9.17) is 11.6 Å². The van der Waals surface area contributed by atoms with Gasteiger partial charge in [0, 0.05) is 36.6 Å². The number of aryl methyl sites for hydroxylation is 2. The van der Waals surface area contributed by atoms with Gasteiger partial charge in [0.1, 0.15) is 5.70 Å². The molecule has 0 saturated carbocycles. The number of aromatic nitrogens is 2. The number of Topliss-reactive ketones (excluding diaryl/α,β-unsaturated/α-hetero) is 1. The fourth-order valence-corrected chi connectivity index (χ4v) is 2.20. The molecule has 110 valence electrons. The van der Waals surface area contributed by atoms with Crippen LogP contribution in [-0.4, -0.2) is 34.6 Å². The Hall–Kier alpha value is -2.07. The lowest BCUT2D eigenvalue weighted by Crippen LogP contribution is -2.16. The molecule has 0 N–H and O–H groups in total. The Morgan fingerprint density at radius 3 is 2.33 bits per heavy atom. The van der Waals surface area contributed by atoms with Crippen LogP contribution in [0, 0.1) is 13.8 Å². The number of rotatable bonds is 4. The number of hydrogen-bond acceptors (Lipinski definition) is 3. The predicted octanol–water partition coefficient (Wildman–Crippen LogP) is 3.40. The molecule has 4 nitrogen and oxygen atoms in total. The molecule has 0 aliphatic carbocycles. The largest absolute Gasteiger partial charge is 0.382 e.